The summed E-state index contributed by atoms with van der Waals surface area (Å²) in [5.74, 6) is 0.377. The van der Waals surface area contributed by atoms with Crippen LogP contribution in [0.1, 0.15) is 53.0 Å². The van der Waals surface area contributed by atoms with Gasteiger partial charge < -0.3 is 9.80 Å². The van der Waals surface area contributed by atoms with Crippen LogP contribution in [0.3, 0.4) is 0 Å². The van der Waals surface area contributed by atoms with Crippen molar-refractivity contribution >= 4 is 23.4 Å². The van der Waals surface area contributed by atoms with Gasteiger partial charge in [0.1, 0.15) is 0 Å². The number of rotatable bonds is 4. The molecule has 1 aromatic carbocycles. The Bertz CT molecular complexity index is 980. The summed E-state index contributed by atoms with van der Waals surface area (Å²) in [5.41, 5.74) is 3.75. The second-order valence-electron chi connectivity index (χ2n) is 8.83. The SMILES string of the molecule is CC(=O)N1CCN(C(=O)c2ccc(C)nc2C2CCN(Cc3ccccc3Cl)CC2)CC1. The number of carbonyl (C=O) groups excluding carboxylic acids is 2. The van der Waals surface area contributed by atoms with Crippen molar-refractivity contribution in [2.24, 2.45) is 0 Å². The predicted octanol–water partition coefficient (Wildman–Crippen LogP) is 3.73. The third kappa shape index (κ3) is 5.13. The largest absolute Gasteiger partial charge is 0.339 e. The van der Waals surface area contributed by atoms with E-state index in [1.165, 1.54) is 0 Å². The van der Waals surface area contributed by atoms with Crippen molar-refractivity contribution in [3.63, 3.8) is 0 Å². The molecule has 0 atom stereocenters. The highest BCUT2D eigenvalue weighted by Gasteiger charge is 2.29. The van der Waals surface area contributed by atoms with Crippen molar-refractivity contribution in [3.05, 3.63) is 63.9 Å². The molecule has 2 aliphatic rings. The lowest BCUT2D eigenvalue weighted by atomic mass is 9.89. The minimum absolute atomic E-state index is 0.0363. The van der Waals surface area contributed by atoms with E-state index in [2.05, 4.69) is 11.0 Å². The summed E-state index contributed by atoms with van der Waals surface area (Å²) in [5, 5.41) is 0.813. The molecule has 0 N–H and O–H groups in total. The molecule has 2 aromatic rings. The Morgan fingerprint density at radius 2 is 1.62 bits per heavy atom. The van der Waals surface area contributed by atoms with Crippen LogP contribution in [0.4, 0.5) is 0 Å². The van der Waals surface area contributed by atoms with Crippen molar-refractivity contribution < 1.29 is 9.59 Å². The van der Waals surface area contributed by atoms with Crippen LogP contribution in [0.2, 0.25) is 5.02 Å². The molecule has 0 unspecified atom stereocenters. The number of nitrogens with zero attached hydrogens (tertiary/aromatic N) is 4. The second kappa shape index (κ2) is 10.0. The van der Waals surface area contributed by atoms with Crippen LogP contribution in [0.15, 0.2) is 36.4 Å². The summed E-state index contributed by atoms with van der Waals surface area (Å²) < 4.78 is 0. The minimum Gasteiger partial charge on any atom is -0.339 e. The standard InChI is InChI=1S/C25H31ClN4O2/c1-18-7-8-22(25(32)30-15-13-29(14-16-30)19(2)31)24(27-18)20-9-11-28(12-10-20)17-21-5-3-4-6-23(21)26/h3-8,20H,9-17H2,1-2H3. The molecule has 4 rings (SSSR count). The molecule has 7 heteroatoms. The Labute approximate surface area is 195 Å². The average Bonchev–Trinajstić information content (AvgIpc) is 2.80. The first-order valence-corrected chi connectivity index (χ1v) is 11.8. The molecule has 6 nitrogen and oxygen atoms in total. The van der Waals surface area contributed by atoms with Gasteiger partial charge in [-0.2, -0.15) is 0 Å². The van der Waals surface area contributed by atoms with Gasteiger partial charge in [0.05, 0.1) is 11.3 Å². The number of hydrogen-bond donors (Lipinski definition) is 0. The predicted molar refractivity (Wildman–Crippen MR) is 126 cm³/mol. The molecule has 2 fully saturated rings. The maximum atomic E-state index is 13.4. The van der Waals surface area contributed by atoms with Crippen molar-refractivity contribution in [1.82, 2.24) is 19.7 Å². The van der Waals surface area contributed by atoms with E-state index in [0.717, 1.165) is 60.0 Å². The zero-order chi connectivity index (χ0) is 22.7. The minimum atomic E-state index is 0.0363. The zero-order valence-electron chi connectivity index (χ0n) is 18.9. The highest BCUT2D eigenvalue weighted by molar-refractivity contribution is 6.31. The summed E-state index contributed by atoms with van der Waals surface area (Å²) in [7, 11) is 0. The van der Waals surface area contributed by atoms with Gasteiger partial charge in [-0.15, -0.1) is 0 Å². The zero-order valence-corrected chi connectivity index (χ0v) is 19.6. The highest BCUT2D eigenvalue weighted by Crippen LogP contribution is 2.31. The summed E-state index contributed by atoms with van der Waals surface area (Å²) in [4.78, 5) is 35.9. The number of pyridine rings is 1. The fourth-order valence-corrected chi connectivity index (χ4v) is 4.89. The first-order valence-electron chi connectivity index (χ1n) is 11.4. The van der Waals surface area contributed by atoms with Gasteiger partial charge in [-0.05, 0) is 56.6 Å². The van der Waals surface area contributed by atoms with Gasteiger partial charge in [-0.1, -0.05) is 29.8 Å². The van der Waals surface area contributed by atoms with E-state index in [1.807, 2.05) is 42.2 Å². The Kier molecular flexibility index (Phi) is 7.11. The number of piperidine rings is 1. The molecule has 0 spiro atoms. The van der Waals surface area contributed by atoms with E-state index in [9.17, 15) is 9.59 Å². The molecule has 0 aliphatic carbocycles. The molecule has 2 saturated heterocycles. The van der Waals surface area contributed by atoms with Gasteiger partial charge in [0.25, 0.3) is 5.91 Å². The average molecular weight is 455 g/mol. The fraction of sp³-hybridized carbons (Fsp3) is 0.480. The maximum Gasteiger partial charge on any atom is 0.255 e. The van der Waals surface area contributed by atoms with E-state index < -0.39 is 0 Å². The lowest BCUT2D eigenvalue weighted by molar-refractivity contribution is -0.130. The Balaban J connectivity index is 1.43. The van der Waals surface area contributed by atoms with E-state index in [4.69, 9.17) is 16.6 Å². The Hall–Kier alpha value is -2.44. The smallest absolute Gasteiger partial charge is 0.255 e. The van der Waals surface area contributed by atoms with Crippen LogP contribution in [-0.2, 0) is 11.3 Å². The number of aromatic nitrogens is 1. The summed E-state index contributed by atoms with van der Waals surface area (Å²) in [6, 6.07) is 11.9. The maximum absolute atomic E-state index is 13.4. The van der Waals surface area contributed by atoms with Gasteiger partial charge in [0, 0.05) is 56.3 Å². The summed E-state index contributed by atoms with van der Waals surface area (Å²) in [6.45, 7) is 8.65. The van der Waals surface area contributed by atoms with E-state index in [0.29, 0.717) is 26.2 Å². The summed E-state index contributed by atoms with van der Waals surface area (Å²) >= 11 is 6.34. The van der Waals surface area contributed by atoms with E-state index in [1.54, 1.807) is 11.8 Å². The number of carbonyl (C=O) groups is 2. The Morgan fingerprint density at radius 3 is 2.28 bits per heavy atom. The highest BCUT2D eigenvalue weighted by atomic mass is 35.5. The molecule has 0 saturated carbocycles. The molecule has 2 amide bonds. The van der Waals surface area contributed by atoms with Gasteiger partial charge >= 0.3 is 0 Å². The molecule has 2 aliphatic heterocycles. The number of likely N-dealkylation sites (tertiary alicyclic amines) is 1. The topological polar surface area (TPSA) is 56.8 Å². The van der Waals surface area contributed by atoms with Crippen molar-refractivity contribution in [1.29, 1.82) is 0 Å². The number of amides is 2. The number of halogens is 1. The van der Waals surface area contributed by atoms with Crippen LogP contribution in [0, 0.1) is 6.92 Å². The third-order valence-corrected chi connectivity index (χ3v) is 7.00. The normalized spacial score (nSPS) is 18.1. The van der Waals surface area contributed by atoms with E-state index in [-0.39, 0.29) is 17.7 Å². The number of hydrogen-bond acceptors (Lipinski definition) is 4. The van der Waals surface area contributed by atoms with Crippen LogP contribution < -0.4 is 0 Å². The number of benzene rings is 1. The third-order valence-electron chi connectivity index (χ3n) is 6.63. The molecule has 170 valence electrons. The summed E-state index contributed by atoms with van der Waals surface area (Å²) in [6.07, 6.45) is 1.94. The van der Waals surface area contributed by atoms with Crippen LogP contribution in [0.25, 0.3) is 0 Å². The van der Waals surface area contributed by atoms with Gasteiger partial charge in [0.2, 0.25) is 5.91 Å². The van der Waals surface area contributed by atoms with Crippen LogP contribution in [0.5, 0.6) is 0 Å². The Morgan fingerprint density at radius 1 is 0.969 bits per heavy atom. The lowest BCUT2D eigenvalue weighted by Crippen LogP contribution is -2.50. The monoisotopic (exact) mass is 454 g/mol. The number of piperazine rings is 1. The number of aryl methyl sites for hydroxylation is 1. The fourth-order valence-electron chi connectivity index (χ4n) is 4.70. The first-order chi connectivity index (χ1) is 15.4. The lowest BCUT2D eigenvalue weighted by Gasteiger charge is -2.35. The molecular weight excluding hydrogens is 424 g/mol. The van der Waals surface area contributed by atoms with Crippen LogP contribution >= 0.6 is 11.6 Å². The van der Waals surface area contributed by atoms with E-state index >= 15 is 0 Å². The van der Waals surface area contributed by atoms with Crippen molar-refractivity contribution in [2.45, 2.75) is 39.2 Å². The molecule has 1 aromatic heterocycles. The molecule has 3 heterocycles. The molecule has 0 bridgehead atoms. The molecule has 0 radical (unpaired) electrons. The molecule has 32 heavy (non-hydrogen) atoms. The van der Waals surface area contributed by atoms with Crippen LogP contribution in [-0.4, -0.2) is 70.8 Å². The van der Waals surface area contributed by atoms with Crippen molar-refractivity contribution in [3.8, 4) is 0 Å². The van der Waals surface area contributed by atoms with Crippen molar-refractivity contribution in [2.75, 3.05) is 39.3 Å². The second-order valence-corrected chi connectivity index (χ2v) is 9.23. The van der Waals surface area contributed by atoms with Gasteiger partial charge in [0.15, 0.2) is 0 Å². The molecular formula is C25H31ClN4O2. The first kappa shape index (κ1) is 22.7. The van der Waals surface area contributed by atoms with Gasteiger partial charge in [-0.25, -0.2) is 0 Å². The van der Waals surface area contributed by atoms with Gasteiger partial charge in [-0.3, -0.25) is 19.5 Å². The quantitative estimate of drug-likeness (QED) is 0.706.